The van der Waals surface area contributed by atoms with E-state index in [-0.39, 0.29) is 30.3 Å². The van der Waals surface area contributed by atoms with Crippen molar-refractivity contribution in [3.05, 3.63) is 34.2 Å². The van der Waals surface area contributed by atoms with Crippen molar-refractivity contribution in [3.63, 3.8) is 0 Å². The number of carbonyl (C=O) groups is 2. The molecule has 32 heavy (non-hydrogen) atoms. The highest BCUT2D eigenvalue weighted by atomic mass is 32.2. The fraction of sp³-hybridized carbons (Fsp3) is 0.333. The van der Waals surface area contributed by atoms with Gasteiger partial charge in [0.1, 0.15) is 5.00 Å². The van der Waals surface area contributed by atoms with Crippen LogP contribution in [-0.2, 0) is 16.0 Å². The number of carbonyl (C=O) groups excluding carboxylic acids is 2. The summed E-state index contributed by atoms with van der Waals surface area (Å²) < 4.78 is 21.5. The van der Waals surface area contributed by atoms with Crippen molar-refractivity contribution < 1.29 is 28.2 Å². The van der Waals surface area contributed by atoms with Crippen molar-refractivity contribution in [1.82, 2.24) is 10.2 Å². The number of nitrogens with zero attached hydrogens (tertiary/aromatic N) is 2. The molecule has 1 aromatic carbocycles. The zero-order chi connectivity index (χ0) is 22.7. The lowest BCUT2D eigenvalue weighted by atomic mass is 10.1. The third kappa shape index (κ3) is 4.58. The lowest BCUT2D eigenvalue weighted by Gasteiger charge is -2.06. The minimum Gasteiger partial charge on any atom is -0.462 e. The van der Waals surface area contributed by atoms with Crippen molar-refractivity contribution in [2.24, 2.45) is 0 Å². The van der Waals surface area contributed by atoms with Crippen LogP contribution in [0.15, 0.2) is 27.8 Å². The summed E-state index contributed by atoms with van der Waals surface area (Å²) >= 11 is 2.50. The Balaban J connectivity index is 1.40. The second-order valence-electron chi connectivity index (χ2n) is 6.71. The van der Waals surface area contributed by atoms with Crippen LogP contribution in [0, 0.1) is 6.92 Å². The second-order valence-corrected chi connectivity index (χ2v) is 8.74. The fourth-order valence-electron chi connectivity index (χ4n) is 3.14. The first-order valence-electron chi connectivity index (χ1n) is 9.95. The topological polar surface area (TPSA) is 113 Å². The summed E-state index contributed by atoms with van der Waals surface area (Å²) in [5, 5.41) is 11.6. The minimum atomic E-state index is -0.436. The smallest absolute Gasteiger partial charge is 0.341 e. The second kappa shape index (κ2) is 9.61. The Morgan fingerprint density at radius 2 is 2.03 bits per heavy atom. The molecule has 1 amide bonds. The van der Waals surface area contributed by atoms with E-state index in [2.05, 4.69) is 15.5 Å². The van der Waals surface area contributed by atoms with Crippen molar-refractivity contribution in [1.29, 1.82) is 0 Å². The van der Waals surface area contributed by atoms with Crippen molar-refractivity contribution in [2.75, 3.05) is 24.5 Å². The SMILES string of the molecule is CCOC(=O)c1c(NC(=O)CSc2nnc(-c3ccc4c(c3)OCO4)o2)sc(CC)c1C. The van der Waals surface area contributed by atoms with Crippen LogP contribution in [0.2, 0.25) is 0 Å². The number of ether oxygens (including phenoxy) is 3. The number of fused-ring (bicyclic) bond motifs is 1. The third-order valence-corrected chi connectivity index (χ3v) is 6.82. The number of hydrogen-bond donors (Lipinski definition) is 1. The van der Waals surface area contributed by atoms with E-state index in [9.17, 15) is 9.59 Å². The molecule has 1 aliphatic heterocycles. The van der Waals surface area contributed by atoms with Gasteiger partial charge < -0.3 is 23.9 Å². The van der Waals surface area contributed by atoms with E-state index < -0.39 is 5.97 Å². The summed E-state index contributed by atoms with van der Waals surface area (Å²) in [6.07, 6.45) is 0.762. The summed E-state index contributed by atoms with van der Waals surface area (Å²) in [6, 6.07) is 5.33. The highest BCUT2D eigenvalue weighted by Crippen LogP contribution is 2.36. The molecule has 0 atom stereocenters. The molecule has 3 aromatic rings. The largest absolute Gasteiger partial charge is 0.462 e. The maximum absolute atomic E-state index is 12.5. The van der Waals surface area contributed by atoms with Gasteiger partial charge in [-0.05, 0) is 44.0 Å². The predicted molar refractivity (Wildman–Crippen MR) is 120 cm³/mol. The standard InChI is InChI=1S/C21H21N3O6S2/c1-4-15-11(3)17(20(26)27-5-2)19(32-15)22-16(25)9-31-21-24-23-18(30-21)12-6-7-13-14(8-12)29-10-28-13/h6-8H,4-5,9-10H2,1-3H3,(H,22,25). The van der Waals surface area contributed by atoms with E-state index in [1.165, 1.54) is 11.3 Å². The summed E-state index contributed by atoms with van der Waals surface area (Å²) in [5.41, 5.74) is 1.94. The van der Waals surface area contributed by atoms with Crippen molar-refractivity contribution >= 4 is 40.0 Å². The molecule has 9 nitrogen and oxygen atoms in total. The highest BCUT2D eigenvalue weighted by Gasteiger charge is 2.23. The summed E-state index contributed by atoms with van der Waals surface area (Å²) in [6.45, 7) is 6.06. The Kier molecular flexibility index (Phi) is 6.66. The normalized spacial score (nSPS) is 12.1. The van der Waals surface area contributed by atoms with E-state index in [0.717, 1.165) is 28.6 Å². The van der Waals surface area contributed by atoms with Gasteiger partial charge in [-0.2, -0.15) is 0 Å². The van der Waals surface area contributed by atoms with Crippen LogP contribution in [0.3, 0.4) is 0 Å². The molecule has 0 saturated heterocycles. The predicted octanol–water partition coefficient (Wildman–Crippen LogP) is 4.31. The molecule has 1 aliphatic rings. The van der Waals surface area contributed by atoms with Gasteiger partial charge in [-0.3, -0.25) is 4.79 Å². The molecule has 0 bridgehead atoms. The number of thiophene rings is 1. The molecular formula is C21H21N3O6S2. The van der Waals surface area contributed by atoms with Crippen LogP contribution in [-0.4, -0.2) is 41.2 Å². The van der Waals surface area contributed by atoms with E-state index in [0.29, 0.717) is 33.5 Å². The van der Waals surface area contributed by atoms with Crippen molar-refractivity contribution in [2.45, 2.75) is 32.4 Å². The van der Waals surface area contributed by atoms with Crippen molar-refractivity contribution in [3.8, 4) is 23.0 Å². The number of nitrogens with one attached hydrogen (secondary N) is 1. The van der Waals surface area contributed by atoms with Gasteiger partial charge in [0.25, 0.3) is 5.22 Å². The van der Waals surface area contributed by atoms with Gasteiger partial charge >= 0.3 is 5.97 Å². The maximum Gasteiger partial charge on any atom is 0.341 e. The summed E-state index contributed by atoms with van der Waals surface area (Å²) in [5.74, 6) is 0.920. The first-order chi connectivity index (χ1) is 15.5. The molecule has 168 valence electrons. The Morgan fingerprint density at radius 1 is 1.22 bits per heavy atom. The van der Waals surface area contributed by atoms with Crippen LogP contribution in [0.5, 0.6) is 11.5 Å². The molecule has 3 heterocycles. The van der Waals surface area contributed by atoms with E-state index in [1.54, 1.807) is 25.1 Å². The van der Waals surface area contributed by atoms with Gasteiger partial charge in [0, 0.05) is 10.4 Å². The van der Waals surface area contributed by atoms with Gasteiger partial charge in [0.2, 0.25) is 18.6 Å². The molecule has 0 saturated carbocycles. The van der Waals surface area contributed by atoms with E-state index in [4.69, 9.17) is 18.6 Å². The van der Waals surface area contributed by atoms with Crippen LogP contribution in [0.25, 0.3) is 11.5 Å². The maximum atomic E-state index is 12.5. The number of aromatic nitrogens is 2. The molecule has 0 aliphatic carbocycles. The molecule has 2 aromatic heterocycles. The molecule has 0 fully saturated rings. The van der Waals surface area contributed by atoms with Crippen LogP contribution in [0.1, 0.15) is 34.6 Å². The Morgan fingerprint density at radius 3 is 2.81 bits per heavy atom. The third-order valence-electron chi connectivity index (χ3n) is 4.65. The van der Waals surface area contributed by atoms with Crippen LogP contribution < -0.4 is 14.8 Å². The average molecular weight is 476 g/mol. The number of aryl methyl sites for hydroxylation is 1. The highest BCUT2D eigenvalue weighted by molar-refractivity contribution is 7.99. The molecule has 4 rings (SSSR count). The number of hydrogen-bond acceptors (Lipinski definition) is 10. The zero-order valence-electron chi connectivity index (χ0n) is 17.7. The van der Waals surface area contributed by atoms with Gasteiger partial charge in [-0.15, -0.1) is 21.5 Å². The first-order valence-corrected chi connectivity index (χ1v) is 11.8. The number of esters is 1. The minimum absolute atomic E-state index is 0.0451. The molecule has 1 N–H and O–H groups in total. The molecule has 0 unspecified atom stereocenters. The molecule has 11 heteroatoms. The number of benzene rings is 1. The molecule has 0 radical (unpaired) electrons. The number of thioether (sulfide) groups is 1. The van der Waals surface area contributed by atoms with Crippen LogP contribution >= 0.6 is 23.1 Å². The number of rotatable bonds is 8. The zero-order valence-corrected chi connectivity index (χ0v) is 19.4. The summed E-state index contributed by atoms with van der Waals surface area (Å²) in [4.78, 5) is 25.9. The van der Waals surface area contributed by atoms with E-state index in [1.807, 2.05) is 13.8 Å². The van der Waals surface area contributed by atoms with Gasteiger partial charge in [-0.25, -0.2) is 4.79 Å². The average Bonchev–Trinajstić information content (AvgIpc) is 3.50. The monoisotopic (exact) mass is 475 g/mol. The van der Waals surface area contributed by atoms with Crippen LogP contribution in [0.4, 0.5) is 5.00 Å². The van der Waals surface area contributed by atoms with Gasteiger partial charge in [0.15, 0.2) is 11.5 Å². The lowest BCUT2D eigenvalue weighted by molar-refractivity contribution is -0.113. The van der Waals surface area contributed by atoms with E-state index >= 15 is 0 Å². The number of amides is 1. The Labute approximate surface area is 192 Å². The lowest BCUT2D eigenvalue weighted by Crippen LogP contribution is -2.16. The first kappa shape index (κ1) is 22.2. The summed E-state index contributed by atoms with van der Waals surface area (Å²) in [7, 11) is 0. The fourth-order valence-corrected chi connectivity index (χ4v) is 4.85. The van der Waals surface area contributed by atoms with Gasteiger partial charge in [0.05, 0.1) is 17.9 Å². The Bertz CT molecular complexity index is 1160. The number of anilines is 1. The molecule has 0 spiro atoms. The van der Waals surface area contributed by atoms with Gasteiger partial charge in [-0.1, -0.05) is 18.7 Å². The molecular weight excluding hydrogens is 454 g/mol. The quantitative estimate of drug-likeness (QED) is 0.376. The Hall–Kier alpha value is -3.05.